The van der Waals surface area contributed by atoms with Gasteiger partial charge in [0.2, 0.25) is 0 Å². The Morgan fingerprint density at radius 3 is 1.41 bits per heavy atom. The Bertz CT molecular complexity index is 180. The zero-order valence-corrected chi connectivity index (χ0v) is 11.0. The SMILES string of the molecule is C1CCOC1.C1CCOC1.C=C(C)C(=O)OC. The zero-order chi connectivity index (χ0) is 12.9. The van der Waals surface area contributed by atoms with Crippen molar-refractivity contribution in [3.8, 4) is 0 Å². The van der Waals surface area contributed by atoms with Crippen LogP contribution >= 0.6 is 0 Å². The Morgan fingerprint density at radius 1 is 1.00 bits per heavy atom. The van der Waals surface area contributed by atoms with Crippen LogP contribution in [0.15, 0.2) is 12.2 Å². The molecule has 0 aromatic heterocycles. The molecule has 17 heavy (non-hydrogen) atoms. The van der Waals surface area contributed by atoms with E-state index in [1.165, 1.54) is 32.8 Å². The van der Waals surface area contributed by atoms with Gasteiger partial charge < -0.3 is 14.2 Å². The fraction of sp³-hybridized carbons (Fsp3) is 0.769. The van der Waals surface area contributed by atoms with E-state index in [2.05, 4.69) is 11.3 Å². The first-order chi connectivity index (χ1) is 8.18. The third kappa shape index (κ3) is 11.4. The Balaban J connectivity index is 0.000000229. The molecule has 2 heterocycles. The van der Waals surface area contributed by atoms with Crippen molar-refractivity contribution in [2.75, 3.05) is 33.5 Å². The van der Waals surface area contributed by atoms with Gasteiger partial charge in [-0.15, -0.1) is 0 Å². The molecule has 0 bridgehead atoms. The van der Waals surface area contributed by atoms with E-state index >= 15 is 0 Å². The molecule has 2 aliphatic rings. The standard InChI is InChI=1S/C5H8O2.2C4H8O/c1-4(2)5(6)7-3;2*1-2-4-5-3-1/h1H2,2-3H3;2*1-4H2. The smallest absolute Gasteiger partial charge is 0.332 e. The highest BCUT2D eigenvalue weighted by molar-refractivity contribution is 5.86. The van der Waals surface area contributed by atoms with Crippen LogP contribution in [0.5, 0.6) is 0 Å². The van der Waals surface area contributed by atoms with E-state index in [-0.39, 0.29) is 5.97 Å². The van der Waals surface area contributed by atoms with Crippen molar-refractivity contribution in [2.24, 2.45) is 0 Å². The van der Waals surface area contributed by atoms with Crippen LogP contribution in [0.25, 0.3) is 0 Å². The van der Waals surface area contributed by atoms with Gasteiger partial charge in [-0.05, 0) is 32.6 Å². The number of hydrogen-bond acceptors (Lipinski definition) is 4. The van der Waals surface area contributed by atoms with Crippen LogP contribution in [-0.4, -0.2) is 39.5 Å². The molecule has 2 saturated heterocycles. The summed E-state index contributed by atoms with van der Waals surface area (Å²) < 4.78 is 14.2. The third-order valence-corrected chi connectivity index (χ3v) is 2.19. The predicted octanol–water partition coefficient (Wildman–Crippen LogP) is 2.33. The molecule has 2 fully saturated rings. The highest BCUT2D eigenvalue weighted by atomic mass is 16.5. The molecule has 2 rings (SSSR count). The quantitative estimate of drug-likeness (QED) is 0.524. The topological polar surface area (TPSA) is 44.8 Å². The molecule has 4 heteroatoms. The third-order valence-electron chi connectivity index (χ3n) is 2.19. The average molecular weight is 244 g/mol. The van der Waals surface area contributed by atoms with Crippen LogP contribution in [0, 0.1) is 0 Å². The first-order valence-corrected chi connectivity index (χ1v) is 6.07. The molecule has 0 amide bonds. The molecule has 0 aromatic carbocycles. The summed E-state index contributed by atoms with van der Waals surface area (Å²) in [4.78, 5) is 10.2. The van der Waals surface area contributed by atoms with Crippen molar-refractivity contribution in [3.05, 3.63) is 12.2 Å². The number of carbonyl (C=O) groups excluding carboxylic acids is 1. The maximum atomic E-state index is 10.2. The summed E-state index contributed by atoms with van der Waals surface area (Å²) in [6.07, 6.45) is 5.11. The second kappa shape index (κ2) is 11.6. The minimum atomic E-state index is -0.347. The fourth-order valence-corrected chi connectivity index (χ4v) is 1.19. The lowest BCUT2D eigenvalue weighted by Gasteiger charge is -1.91. The van der Waals surface area contributed by atoms with Gasteiger partial charge in [0.1, 0.15) is 0 Å². The lowest BCUT2D eigenvalue weighted by Crippen LogP contribution is -1.98. The molecule has 0 N–H and O–H groups in total. The van der Waals surface area contributed by atoms with Crippen LogP contribution in [0.4, 0.5) is 0 Å². The molecule has 0 aromatic rings. The highest BCUT2D eigenvalue weighted by Gasteiger charge is 1.96. The second-order valence-corrected chi connectivity index (χ2v) is 3.91. The van der Waals surface area contributed by atoms with Gasteiger partial charge in [-0.3, -0.25) is 0 Å². The Morgan fingerprint density at radius 2 is 1.35 bits per heavy atom. The summed E-state index contributed by atoms with van der Waals surface area (Å²) in [5.74, 6) is -0.347. The molecular weight excluding hydrogens is 220 g/mol. The van der Waals surface area contributed by atoms with Crippen LogP contribution in [-0.2, 0) is 19.0 Å². The van der Waals surface area contributed by atoms with Crippen LogP contribution < -0.4 is 0 Å². The van der Waals surface area contributed by atoms with Crippen molar-refractivity contribution < 1.29 is 19.0 Å². The number of carbonyl (C=O) groups is 1. The number of esters is 1. The van der Waals surface area contributed by atoms with Crippen molar-refractivity contribution in [1.82, 2.24) is 0 Å². The predicted molar refractivity (Wildman–Crippen MR) is 66.9 cm³/mol. The van der Waals surface area contributed by atoms with Crippen molar-refractivity contribution in [1.29, 1.82) is 0 Å². The number of methoxy groups -OCH3 is 1. The molecule has 0 saturated carbocycles. The molecule has 0 spiro atoms. The summed E-state index contributed by atoms with van der Waals surface area (Å²) in [6, 6.07) is 0. The van der Waals surface area contributed by atoms with E-state index in [0.29, 0.717) is 5.57 Å². The lowest BCUT2D eigenvalue weighted by atomic mass is 10.4. The van der Waals surface area contributed by atoms with Gasteiger partial charge in [0.15, 0.2) is 0 Å². The molecule has 0 aliphatic carbocycles. The molecule has 100 valence electrons. The maximum Gasteiger partial charge on any atom is 0.332 e. The minimum Gasteiger partial charge on any atom is -0.466 e. The largest absolute Gasteiger partial charge is 0.466 e. The number of rotatable bonds is 1. The van der Waals surface area contributed by atoms with Gasteiger partial charge in [-0.2, -0.15) is 0 Å². The first-order valence-electron chi connectivity index (χ1n) is 6.07. The molecule has 2 aliphatic heterocycles. The summed E-state index contributed by atoms with van der Waals surface area (Å²) in [5, 5.41) is 0. The van der Waals surface area contributed by atoms with E-state index in [1.807, 2.05) is 0 Å². The van der Waals surface area contributed by atoms with Crippen LogP contribution in [0.3, 0.4) is 0 Å². The zero-order valence-electron chi connectivity index (χ0n) is 11.0. The van der Waals surface area contributed by atoms with E-state index < -0.39 is 0 Å². The van der Waals surface area contributed by atoms with Gasteiger partial charge in [0.25, 0.3) is 0 Å². The Kier molecular flexibility index (Phi) is 11.0. The summed E-state index contributed by atoms with van der Waals surface area (Å²) >= 11 is 0. The van der Waals surface area contributed by atoms with Gasteiger partial charge in [-0.1, -0.05) is 6.58 Å². The van der Waals surface area contributed by atoms with E-state index in [4.69, 9.17) is 9.47 Å². The van der Waals surface area contributed by atoms with Gasteiger partial charge >= 0.3 is 5.97 Å². The summed E-state index contributed by atoms with van der Waals surface area (Å²) in [5.41, 5.74) is 0.433. The lowest BCUT2D eigenvalue weighted by molar-refractivity contribution is -0.136. The van der Waals surface area contributed by atoms with E-state index in [1.54, 1.807) is 6.92 Å². The Labute approximate surface area is 104 Å². The number of ether oxygens (including phenoxy) is 3. The highest BCUT2D eigenvalue weighted by Crippen LogP contribution is 1.98. The maximum absolute atomic E-state index is 10.2. The van der Waals surface area contributed by atoms with E-state index in [9.17, 15) is 4.79 Å². The van der Waals surface area contributed by atoms with Crippen molar-refractivity contribution in [2.45, 2.75) is 32.6 Å². The summed E-state index contributed by atoms with van der Waals surface area (Å²) in [7, 11) is 1.33. The molecular formula is C13H24O4. The minimum absolute atomic E-state index is 0.347. The van der Waals surface area contributed by atoms with Crippen LogP contribution in [0.2, 0.25) is 0 Å². The molecule has 4 nitrogen and oxygen atoms in total. The van der Waals surface area contributed by atoms with Gasteiger partial charge in [-0.25, -0.2) is 4.79 Å². The molecule has 0 atom stereocenters. The van der Waals surface area contributed by atoms with Gasteiger partial charge in [0, 0.05) is 32.0 Å². The summed E-state index contributed by atoms with van der Waals surface area (Å²) in [6.45, 7) is 8.95. The van der Waals surface area contributed by atoms with Gasteiger partial charge in [0.05, 0.1) is 7.11 Å². The first kappa shape index (κ1) is 16.1. The van der Waals surface area contributed by atoms with Crippen LogP contribution in [0.1, 0.15) is 32.6 Å². The average Bonchev–Trinajstić information content (AvgIpc) is 3.04. The number of hydrogen-bond donors (Lipinski definition) is 0. The molecule has 0 radical (unpaired) electrons. The van der Waals surface area contributed by atoms with Crippen molar-refractivity contribution >= 4 is 5.97 Å². The van der Waals surface area contributed by atoms with E-state index in [0.717, 1.165) is 26.4 Å². The fourth-order valence-electron chi connectivity index (χ4n) is 1.19. The Hall–Kier alpha value is -0.870. The normalized spacial score (nSPS) is 17.3. The second-order valence-electron chi connectivity index (χ2n) is 3.91. The molecule has 0 unspecified atom stereocenters. The van der Waals surface area contributed by atoms with Crippen molar-refractivity contribution in [3.63, 3.8) is 0 Å². The monoisotopic (exact) mass is 244 g/mol.